The van der Waals surface area contributed by atoms with Crippen molar-refractivity contribution in [2.75, 3.05) is 59.5 Å². The Morgan fingerprint density at radius 2 is 2.16 bits per heavy atom. The van der Waals surface area contributed by atoms with E-state index in [1.165, 1.54) is 26.1 Å². The number of nitrogens with zero attached hydrogens (tertiary/aromatic N) is 2. The van der Waals surface area contributed by atoms with Crippen LogP contribution in [0.2, 0.25) is 0 Å². The van der Waals surface area contributed by atoms with E-state index in [0.717, 1.165) is 32.8 Å². The lowest BCUT2D eigenvalue weighted by molar-refractivity contribution is -0.0288. The highest BCUT2D eigenvalue weighted by Crippen LogP contribution is 2.04. The maximum atomic E-state index is 5.83. The van der Waals surface area contributed by atoms with Gasteiger partial charge >= 0.3 is 0 Å². The minimum Gasteiger partial charge on any atom is -0.374 e. The molecule has 0 unspecified atom stereocenters. The van der Waals surface area contributed by atoms with Crippen LogP contribution in [0.4, 0.5) is 0 Å². The van der Waals surface area contributed by atoms with Crippen LogP contribution in [0.15, 0.2) is 0 Å². The zero-order chi connectivity index (χ0) is 14.1. The number of nitrogens with one attached hydrogen (secondary N) is 1. The monoisotopic (exact) mass is 271 g/mol. The molecular formula is C15H33N3O. The van der Waals surface area contributed by atoms with Crippen LogP contribution in [0.25, 0.3) is 0 Å². The molecule has 0 spiro atoms. The van der Waals surface area contributed by atoms with Crippen molar-refractivity contribution in [3.63, 3.8) is 0 Å². The van der Waals surface area contributed by atoms with Crippen LogP contribution < -0.4 is 5.32 Å². The van der Waals surface area contributed by atoms with Crippen molar-refractivity contribution in [1.82, 2.24) is 15.1 Å². The molecule has 4 heteroatoms. The number of ether oxygens (including phenoxy) is 1. The Morgan fingerprint density at radius 3 is 2.84 bits per heavy atom. The summed E-state index contributed by atoms with van der Waals surface area (Å²) < 4.78 is 5.83. The Morgan fingerprint density at radius 1 is 1.37 bits per heavy atom. The number of hydrogen-bond acceptors (Lipinski definition) is 4. The molecule has 1 fully saturated rings. The largest absolute Gasteiger partial charge is 0.374 e. The van der Waals surface area contributed by atoms with Crippen molar-refractivity contribution in [3.8, 4) is 0 Å². The molecule has 4 nitrogen and oxygen atoms in total. The molecule has 0 bridgehead atoms. The van der Waals surface area contributed by atoms with Gasteiger partial charge in [0, 0.05) is 32.7 Å². The average Bonchev–Trinajstić information content (AvgIpc) is 2.37. The maximum absolute atomic E-state index is 5.83. The van der Waals surface area contributed by atoms with Gasteiger partial charge in [0.05, 0.1) is 12.7 Å². The lowest BCUT2D eigenvalue weighted by atomic mass is 10.2. The van der Waals surface area contributed by atoms with E-state index in [4.69, 9.17) is 4.74 Å². The summed E-state index contributed by atoms with van der Waals surface area (Å²) in [5, 5.41) is 3.50. The lowest BCUT2D eigenvalue weighted by Crippen LogP contribution is -2.48. The third-order valence-corrected chi connectivity index (χ3v) is 3.55. The van der Waals surface area contributed by atoms with E-state index in [0.29, 0.717) is 12.0 Å². The van der Waals surface area contributed by atoms with E-state index >= 15 is 0 Å². The smallest absolute Gasteiger partial charge is 0.0826 e. The predicted octanol–water partition coefficient (Wildman–Crippen LogP) is 1.27. The summed E-state index contributed by atoms with van der Waals surface area (Å²) in [6.45, 7) is 15.4. The zero-order valence-corrected chi connectivity index (χ0v) is 13.3. The summed E-state index contributed by atoms with van der Waals surface area (Å²) >= 11 is 0. The van der Waals surface area contributed by atoms with Crippen molar-refractivity contribution in [3.05, 3.63) is 0 Å². The van der Waals surface area contributed by atoms with Gasteiger partial charge in [0.15, 0.2) is 0 Å². The number of morpholine rings is 1. The first kappa shape index (κ1) is 16.9. The van der Waals surface area contributed by atoms with Crippen molar-refractivity contribution in [2.45, 2.75) is 33.3 Å². The van der Waals surface area contributed by atoms with Gasteiger partial charge in [-0.25, -0.2) is 0 Å². The van der Waals surface area contributed by atoms with E-state index in [2.05, 4.69) is 42.9 Å². The zero-order valence-electron chi connectivity index (χ0n) is 13.3. The van der Waals surface area contributed by atoms with Crippen LogP contribution in [0.3, 0.4) is 0 Å². The van der Waals surface area contributed by atoms with E-state index in [1.807, 2.05) is 0 Å². The fraction of sp³-hybridized carbons (Fsp3) is 1.00. The Balaban J connectivity index is 2.15. The molecule has 1 rings (SSSR count). The number of likely N-dealkylation sites (N-methyl/N-ethyl adjacent to an activating group) is 1. The van der Waals surface area contributed by atoms with Gasteiger partial charge in [-0.3, -0.25) is 4.90 Å². The quantitative estimate of drug-likeness (QED) is 0.683. The van der Waals surface area contributed by atoms with Gasteiger partial charge in [0.1, 0.15) is 0 Å². The molecule has 0 aromatic rings. The summed E-state index contributed by atoms with van der Waals surface area (Å²) in [5.41, 5.74) is 0. The Labute approximate surface area is 119 Å². The molecule has 1 saturated heterocycles. The summed E-state index contributed by atoms with van der Waals surface area (Å²) in [6.07, 6.45) is 1.60. The predicted molar refractivity (Wildman–Crippen MR) is 81.7 cm³/mol. The molecule has 0 aliphatic carbocycles. The standard InChI is InChI=1S/C15H33N3O/c1-5-6-17(4)7-8-18-9-10-19-15(13-18)12-16-11-14(2)3/h14-16H,5-13H2,1-4H3/t15-/m0/s1. The molecule has 1 aliphatic heterocycles. The second-order valence-corrected chi connectivity index (χ2v) is 6.15. The molecule has 114 valence electrons. The molecule has 0 saturated carbocycles. The van der Waals surface area contributed by atoms with Gasteiger partial charge in [-0.05, 0) is 32.5 Å². The molecular weight excluding hydrogens is 238 g/mol. The van der Waals surface area contributed by atoms with Crippen molar-refractivity contribution in [1.29, 1.82) is 0 Å². The molecule has 0 amide bonds. The summed E-state index contributed by atoms with van der Waals surface area (Å²) in [7, 11) is 2.21. The van der Waals surface area contributed by atoms with Crippen LogP contribution in [-0.4, -0.2) is 75.4 Å². The van der Waals surface area contributed by atoms with Gasteiger partial charge in [0.2, 0.25) is 0 Å². The van der Waals surface area contributed by atoms with Crippen LogP contribution >= 0.6 is 0 Å². The Hall–Kier alpha value is -0.160. The second kappa shape index (κ2) is 9.70. The van der Waals surface area contributed by atoms with Crippen LogP contribution in [0.5, 0.6) is 0 Å². The van der Waals surface area contributed by atoms with E-state index in [1.54, 1.807) is 0 Å². The average molecular weight is 271 g/mol. The maximum Gasteiger partial charge on any atom is 0.0826 e. The van der Waals surface area contributed by atoms with Crippen molar-refractivity contribution >= 4 is 0 Å². The molecule has 1 N–H and O–H groups in total. The summed E-state index contributed by atoms with van der Waals surface area (Å²) in [4.78, 5) is 4.96. The van der Waals surface area contributed by atoms with Crippen LogP contribution in [0, 0.1) is 5.92 Å². The van der Waals surface area contributed by atoms with Gasteiger partial charge < -0.3 is 15.0 Å². The van der Waals surface area contributed by atoms with Gasteiger partial charge in [-0.2, -0.15) is 0 Å². The van der Waals surface area contributed by atoms with E-state index < -0.39 is 0 Å². The first-order valence-electron chi connectivity index (χ1n) is 7.85. The number of rotatable bonds is 9. The van der Waals surface area contributed by atoms with Gasteiger partial charge in [0.25, 0.3) is 0 Å². The third kappa shape index (κ3) is 7.88. The molecule has 1 aliphatic rings. The SMILES string of the molecule is CCCN(C)CCN1CCO[C@@H](CNCC(C)C)C1. The fourth-order valence-corrected chi connectivity index (χ4v) is 2.45. The van der Waals surface area contributed by atoms with E-state index in [9.17, 15) is 0 Å². The lowest BCUT2D eigenvalue weighted by Gasteiger charge is -2.34. The van der Waals surface area contributed by atoms with Crippen molar-refractivity contribution < 1.29 is 4.74 Å². The van der Waals surface area contributed by atoms with Crippen molar-refractivity contribution in [2.24, 2.45) is 5.92 Å². The highest BCUT2D eigenvalue weighted by Gasteiger charge is 2.20. The number of hydrogen-bond donors (Lipinski definition) is 1. The van der Waals surface area contributed by atoms with Gasteiger partial charge in [-0.15, -0.1) is 0 Å². The highest BCUT2D eigenvalue weighted by atomic mass is 16.5. The third-order valence-electron chi connectivity index (χ3n) is 3.55. The van der Waals surface area contributed by atoms with Crippen LogP contribution in [-0.2, 0) is 4.74 Å². The first-order valence-corrected chi connectivity index (χ1v) is 7.85. The molecule has 0 aromatic carbocycles. The fourth-order valence-electron chi connectivity index (χ4n) is 2.45. The topological polar surface area (TPSA) is 27.7 Å². The Kier molecular flexibility index (Phi) is 8.62. The minimum absolute atomic E-state index is 0.365. The van der Waals surface area contributed by atoms with E-state index in [-0.39, 0.29) is 0 Å². The second-order valence-electron chi connectivity index (χ2n) is 6.15. The minimum atomic E-state index is 0.365. The molecule has 19 heavy (non-hydrogen) atoms. The molecule has 0 aromatic heterocycles. The molecule has 1 heterocycles. The first-order chi connectivity index (χ1) is 9.11. The summed E-state index contributed by atoms with van der Waals surface area (Å²) in [5.74, 6) is 0.711. The Bertz CT molecular complexity index is 223. The summed E-state index contributed by atoms with van der Waals surface area (Å²) in [6, 6.07) is 0. The van der Waals surface area contributed by atoms with Gasteiger partial charge in [-0.1, -0.05) is 20.8 Å². The van der Waals surface area contributed by atoms with Crippen LogP contribution in [0.1, 0.15) is 27.2 Å². The normalized spacial score (nSPS) is 21.5. The molecule has 0 radical (unpaired) electrons. The highest BCUT2D eigenvalue weighted by molar-refractivity contribution is 4.74. The molecule has 1 atom stereocenters.